The van der Waals surface area contributed by atoms with Crippen molar-refractivity contribution >= 4 is 47.3 Å². The Hall–Kier alpha value is -7.78. The Morgan fingerprint density at radius 1 is 0.544 bits per heavy atom. The first kappa shape index (κ1) is 68.1. The number of hydrogen-bond donors (Lipinski definition) is 6. The second-order valence-electron chi connectivity index (χ2n) is 24.4. The van der Waals surface area contributed by atoms with Crippen molar-refractivity contribution in [3.63, 3.8) is 0 Å². The minimum Gasteiger partial charge on any atom is -0.379 e. The predicted molar refractivity (Wildman–Crippen MR) is 346 cm³/mol. The van der Waals surface area contributed by atoms with Gasteiger partial charge in [0.05, 0.1) is 49.5 Å². The van der Waals surface area contributed by atoms with Gasteiger partial charge in [0.2, 0.25) is 29.5 Å². The number of nitrogens with zero attached hydrogens (tertiary/aromatic N) is 4. The molecule has 0 spiro atoms. The number of ether oxygens (including phenoxy) is 2. The first-order chi connectivity index (χ1) is 43.6. The molecule has 0 unspecified atom stereocenters. The van der Waals surface area contributed by atoms with E-state index in [4.69, 9.17) is 9.47 Å². The van der Waals surface area contributed by atoms with Crippen molar-refractivity contribution in [3.8, 4) is 11.1 Å². The molecule has 4 aromatic rings. The van der Waals surface area contributed by atoms with Crippen LogP contribution in [0.5, 0.6) is 0 Å². The standard InChI is InChI=1S/C70H94N10O10/c1-47(71-3)65(83)75-63(53-23-15-9-16-24-53)69(87)79-41-37-59(89-5)57(79)45-77(39-35-49-19-11-7-12-20-49)61(81)43-73-67(85)55-31-27-51(28-32-55)52-29-33-56(34-30-52)68(86)74-44-62(82)78(40-36-50-21-13-8-14-22-50)46-58-60(90-6)38-42-80(58)70(88)64(54-25-17-10-18-26-54)76-66(84)48(2)72-4/h7-8,11-14,19-22,27-34,47-48,53,57-60,63,71-72H,9-10,15-18,23-26,35-46H2,1-6H3,(H,73,85)(H,74,86)(H,75,83)(H,76,84)/t47-,48-,57+,58+,59-,60-,63-/m0/s1. The first-order valence-corrected chi connectivity index (χ1v) is 32.4. The van der Waals surface area contributed by atoms with E-state index in [1.54, 1.807) is 110 Å². The molecular formula is C70H94N10O10. The van der Waals surface area contributed by atoms with Crippen LogP contribution in [0.15, 0.2) is 120 Å². The van der Waals surface area contributed by atoms with E-state index in [1.807, 2.05) is 60.7 Å². The third kappa shape index (κ3) is 18.2. The molecule has 20 heteroatoms. The van der Waals surface area contributed by atoms with Crippen LogP contribution >= 0.6 is 0 Å². The molecule has 484 valence electrons. The molecule has 2 aliphatic heterocycles. The lowest BCUT2D eigenvalue weighted by atomic mass is 9.83. The van der Waals surface area contributed by atoms with Crippen molar-refractivity contribution in [2.75, 3.05) is 80.7 Å². The number of likely N-dealkylation sites (tertiary alicyclic amines) is 2. The summed E-state index contributed by atoms with van der Waals surface area (Å²) in [5.41, 5.74) is 5.54. The highest BCUT2D eigenvalue weighted by Crippen LogP contribution is 2.32. The van der Waals surface area contributed by atoms with Crippen LogP contribution in [0.1, 0.15) is 123 Å². The fourth-order valence-electron chi connectivity index (χ4n) is 12.9. The van der Waals surface area contributed by atoms with Crippen molar-refractivity contribution in [3.05, 3.63) is 143 Å². The van der Waals surface area contributed by atoms with Gasteiger partial charge in [-0.3, -0.25) is 38.4 Å². The molecular weight excluding hydrogens is 1140 g/mol. The SMILES string of the molecule is CN[C@@H](C)C(=O)NC(C(=O)N1CC[C@H](OC)[C@H]1CN(CCc1ccccc1)C(=O)CNC(=O)c1ccc(-c2ccc(C(=O)NCC(=O)N(CCc3ccccc3)C[C@@H]3[C@@H](OC)CCN3C(=O)[C@@H](NC(=O)[C@H](C)NC)C3CCCCC3)cc2)cc1)=C1CCCCC1. The molecule has 2 aliphatic carbocycles. The van der Waals surface area contributed by atoms with E-state index in [-0.39, 0.29) is 79.7 Å². The lowest BCUT2D eigenvalue weighted by Crippen LogP contribution is -2.59. The second-order valence-corrected chi connectivity index (χ2v) is 24.4. The van der Waals surface area contributed by atoms with E-state index in [0.29, 0.717) is 68.7 Å². The molecule has 8 amide bonds. The van der Waals surface area contributed by atoms with Gasteiger partial charge < -0.3 is 61.0 Å². The van der Waals surface area contributed by atoms with E-state index in [1.165, 1.54) is 0 Å². The molecule has 8 rings (SSSR count). The topological polar surface area (TPSA) is 240 Å². The molecule has 0 bridgehead atoms. The minimum absolute atomic E-state index is 0.00546. The van der Waals surface area contributed by atoms with E-state index >= 15 is 0 Å². The van der Waals surface area contributed by atoms with Crippen LogP contribution < -0.4 is 31.9 Å². The van der Waals surface area contributed by atoms with Crippen LogP contribution in [-0.4, -0.2) is 190 Å². The average molecular weight is 1240 g/mol. The summed E-state index contributed by atoms with van der Waals surface area (Å²) in [5, 5.41) is 17.7. The summed E-state index contributed by atoms with van der Waals surface area (Å²) in [6.07, 6.45) is 10.6. The quantitative estimate of drug-likeness (QED) is 0.0370. The Kier molecular flexibility index (Phi) is 25.6. The van der Waals surface area contributed by atoms with Crippen molar-refractivity contribution < 1.29 is 47.8 Å². The summed E-state index contributed by atoms with van der Waals surface area (Å²) < 4.78 is 11.9. The van der Waals surface area contributed by atoms with Crippen LogP contribution in [0.2, 0.25) is 0 Å². The number of methoxy groups -OCH3 is 2. The number of hydrogen-bond acceptors (Lipinski definition) is 12. The smallest absolute Gasteiger partial charge is 0.270 e. The number of carbonyl (C=O) groups is 8. The third-order valence-electron chi connectivity index (χ3n) is 18.7. The fraction of sp³-hybridized carbons (Fsp3) is 0.514. The molecule has 90 heavy (non-hydrogen) atoms. The van der Waals surface area contributed by atoms with E-state index in [0.717, 1.165) is 92.0 Å². The normalized spacial score (nSPS) is 19.5. The van der Waals surface area contributed by atoms with Gasteiger partial charge in [-0.05, 0) is 150 Å². The summed E-state index contributed by atoms with van der Waals surface area (Å²) in [5.74, 6) is -2.52. The molecule has 6 N–H and O–H groups in total. The predicted octanol–water partition coefficient (Wildman–Crippen LogP) is 5.80. The molecule has 7 atom stereocenters. The average Bonchev–Trinajstić information content (AvgIpc) is 1.74. The number of nitrogens with one attached hydrogen (secondary N) is 6. The molecule has 4 aliphatic rings. The molecule has 0 aromatic heterocycles. The summed E-state index contributed by atoms with van der Waals surface area (Å²) in [7, 11) is 6.63. The molecule has 2 saturated carbocycles. The molecule has 2 heterocycles. The maximum absolute atomic E-state index is 14.7. The maximum Gasteiger partial charge on any atom is 0.270 e. The number of rotatable bonds is 28. The highest BCUT2D eigenvalue weighted by molar-refractivity contribution is 6.00. The number of allylic oxidation sites excluding steroid dienone is 1. The van der Waals surface area contributed by atoms with Gasteiger partial charge in [-0.15, -0.1) is 0 Å². The first-order valence-electron chi connectivity index (χ1n) is 32.4. The Labute approximate surface area is 531 Å². The summed E-state index contributed by atoms with van der Waals surface area (Å²) >= 11 is 0. The summed E-state index contributed by atoms with van der Waals surface area (Å²) in [4.78, 5) is 119. The number of amides is 8. The van der Waals surface area contributed by atoms with Crippen LogP contribution in [0.3, 0.4) is 0 Å². The maximum atomic E-state index is 14.7. The van der Waals surface area contributed by atoms with Gasteiger partial charge in [0.25, 0.3) is 17.7 Å². The second kappa shape index (κ2) is 33.9. The Balaban J connectivity index is 0.894. The van der Waals surface area contributed by atoms with Gasteiger partial charge in [0, 0.05) is 64.6 Å². The van der Waals surface area contributed by atoms with Crippen LogP contribution in [0.4, 0.5) is 0 Å². The van der Waals surface area contributed by atoms with E-state index in [9.17, 15) is 38.4 Å². The summed E-state index contributed by atoms with van der Waals surface area (Å²) in [6.45, 7) is 4.70. The van der Waals surface area contributed by atoms with Crippen molar-refractivity contribution in [2.45, 2.75) is 146 Å². The van der Waals surface area contributed by atoms with Crippen molar-refractivity contribution in [1.82, 2.24) is 51.5 Å². The van der Waals surface area contributed by atoms with E-state index < -0.39 is 42.0 Å². The van der Waals surface area contributed by atoms with Gasteiger partial charge in [-0.25, -0.2) is 0 Å². The Morgan fingerprint density at radius 3 is 1.46 bits per heavy atom. The third-order valence-corrected chi connectivity index (χ3v) is 18.7. The van der Waals surface area contributed by atoms with Gasteiger partial charge in [-0.2, -0.15) is 0 Å². The number of likely N-dealkylation sites (N-methyl/N-ethyl adjacent to an activating group) is 2. The molecule has 20 nitrogen and oxygen atoms in total. The van der Waals surface area contributed by atoms with Gasteiger partial charge >= 0.3 is 0 Å². The number of benzene rings is 4. The van der Waals surface area contributed by atoms with Gasteiger partial charge in [0.1, 0.15) is 11.7 Å². The van der Waals surface area contributed by atoms with E-state index in [2.05, 4.69) is 31.9 Å². The highest BCUT2D eigenvalue weighted by atomic mass is 16.5. The molecule has 4 fully saturated rings. The lowest BCUT2D eigenvalue weighted by molar-refractivity contribution is -0.142. The zero-order valence-electron chi connectivity index (χ0n) is 53.4. The summed E-state index contributed by atoms with van der Waals surface area (Å²) in [6, 6.07) is 30.8. The number of carbonyl (C=O) groups excluding carboxylic acids is 8. The zero-order chi connectivity index (χ0) is 64.1. The molecule has 0 radical (unpaired) electrons. The Morgan fingerprint density at radius 2 is 0.989 bits per heavy atom. The molecule has 2 saturated heterocycles. The monoisotopic (exact) mass is 1230 g/mol. The molecule has 4 aromatic carbocycles. The van der Waals surface area contributed by atoms with Crippen molar-refractivity contribution in [1.29, 1.82) is 0 Å². The highest BCUT2D eigenvalue weighted by Gasteiger charge is 2.45. The van der Waals surface area contributed by atoms with Crippen LogP contribution in [0, 0.1) is 5.92 Å². The largest absolute Gasteiger partial charge is 0.379 e. The Bertz CT molecular complexity index is 3080. The van der Waals surface area contributed by atoms with Gasteiger partial charge in [-0.1, -0.05) is 111 Å². The zero-order valence-corrected chi connectivity index (χ0v) is 53.4. The van der Waals surface area contributed by atoms with Crippen molar-refractivity contribution in [2.24, 2.45) is 5.92 Å². The fourth-order valence-corrected chi connectivity index (χ4v) is 12.9. The van der Waals surface area contributed by atoms with Crippen LogP contribution in [-0.2, 0) is 51.1 Å². The minimum atomic E-state index is -0.706. The van der Waals surface area contributed by atoms with Crippen LogP contribution in [0.25, 0.3) is 11.1 Å². The lowest BCUT2D eigenvalue weighted by Gasteiger charge is -2.38. The van der Waals surface area contributed by atoms with Gasteiger partial charge in [0.15, 0.2) is 0 Å².